The van der Waals surface area contributed by atoms with Gasteiger partial charge < -0.3 is 9.72 Å². The number of hydrogen-bond donors (Lipinski definition) is 1. The van der Waals surface area contributed by atoms with Gasteiger partial charge in [0.2, 0.25) is 5.56 Å². The molecule has 1 unspecified atom stereocenters. The summed E-state index contributed by atoms with van der Waals surface area (Å²) in [5.74, 6) is 0.665. The third-order valence-corrected chi connectivity index (χ3v) is 5.13. The van der Waals surface area contributed by atoms with Gasteiger partial charge in [0.1, 0.15) is 0 Å². The van der Waals surface area contributed by atoms with Crippen LogP contribution in [0.4, 0.5) is 0 Å². The zero-order valence-corrected chi connectivity index (χ0v) is 15.5. The molecule has 4 nitrogen and oxygen atoms in total. The highest BCUT2D eigenvalue weighted by Crippen LogP contribution is 2.18. The van der Waals surface area contributed by atoms with Gasteiger partial charge in [-0.3, -0.25) is 9.69 Å². The normalized spacial score (nSPS) is 17.5. The van der Waals surface area contributed by atoms with Crippen LogP contribution in [0.2, 0.25) is 0 Å². The van der Waals surface area contributed by atoms with Gasteiger partial charge in [-0.15, -0.1) is 11.3 Å². The van der Waals surface area contributed by atoms with E-state index in [1.165, 1.54) is 23.3 Å². The molecule has 1 atom stereocenters. The second-order valence-corrected chi connectivity index (χ2v) is 7.08. The molecule has 3 rings (SSSR count). The van der Waals surface area contributed by atoms with Crippen LogP contribution in [-0.4, -0.2) is 36.2 Å². The quantitative estimate of drug-likeness (QED) is 0.868. The van der Waals surface area contributed by atoms with Crippen LogP contribution in [0.5, 0.6) is 0 Å². The number of nitrogens with zero attached hydrogens (tertiary/aromatic N) is 1. The Bertz CT molecular complexity index is 604. The number of ether oxygens (including phenoxy) is 1. The molecule has 2 aromatic heterocycles. The Morgan fingerprint density at radius 3 is 2.79 bits per heavy atom. The van der Waals surface area contributed by atoms with Crippen LogP contribution in [0, 0.1) is 5.92 Å². The van der Waals surface area contributed by atoms with Crippen molar-refractivity contribution >= 4 is 11.3 Å². The minimum absolute atomic E-state index is 0.0376. The van der Waals surface area contributed by atoms with Crippen molar-refractivity contribution < 1.29 is 4.74 Å². The van der Waals surface area contributed by atoms with Crippen molar-refractivity contribution in [2.45, 2.75) is 33.2 Å². The Morgan fingerprint density at radius 1 is 1.33 bits per heavy atom. The molecule has 0 aliphatic carbocycles. The van der Waals surface area contributed by atoms with Gasteiger partial charge in [0, 0.05) is 36.8 Å². The van der Waals surface area contributed by atoms with Crippen molar-refractivity contribution in [2.24, 2.45) is 5.92 Å². The molecule has 1 N–H and O–H groups in total. The summed E-state index contributed by atoms with van der Waals surface area (Å²) in [6.45, 7) is 9.02. The highest BCUT2D eigenvalue weighted by Gasteiger charge is 2.22. The Labute approximate surface area is 148 Å². The Hall–Kier alpha value is -1.43. The molecule has 24 heavy (non-hydrogen) atoms. The summed E-state index contributed by atoms with van der Waals surface area (Å²) >= 11 is 1.82. The van der Waals surface area contributed by atoms with E-state index in [0.29, 0.717) is 5.92 Å². The predicted molar refractivity (Wildman–Crippen MR) is 101 cm³/mol. The van der Waals surface area contributed by atoms with Crippen LogP contribution in [-0.2, 0) is 17.7 Å². The first-order valence-corrected chi connectivity index (χ1v) is 9.59. The maximum atomic E-state index is 10.9. The molecule has 0 aromatic carbocycles. The van der Waals surface area contributed by atoms with Crippen molar-refractivity contribution in [3.63, 3.8) is 0 Å². The van der Waals surface area contributed by atoms with E-state index in [1.807, 2.05) is 24.3 Å². The van der Waals surface area contributed by atoms with Crippen LogP contribution in [0.25, 0.3) is 0 Å². The van der Waals surface area contributed by atoms with Gasteiger partial charge in [0.25, 0.3) is 0 Å². The predicted octanol–water partition coefficient (Wildman–Crippen LogP) is 3.54. The average molecular weight is 349 g/mol. The van der Waals surface area contributed by atoms with Crippen molar-refractivity contribution in [3.8, 4) is 0 Å². The second kappa shape index (κ2) is 10.4. The van der Waals surface area contributed by atoms with E-state index in [-0.39, 0.29) is 5.56 Å². The number of pyridine rings is 1. The molecule has 1 saturated heterocycles. The average Bonchev–Trinajstić information content (AvgIpc) is 3.27. The third-order valence-electron chi connectivity index (χ3n) is 4.11. The fourth-order valence-corrected chi connectivity index (χ4v) is 3.45. The maximum Gasteiger partial charge on any atom is 0.247 e. The SMILES string of the molecule is CCOCC1CCN(Cc2ccc(=O)[nH]c2)C1.CCc1cccs1. The van der Waals surface area contributed by atoms with Crippen molar-refractivity contribution in [1.29, 1.82) is 0 Å². The molecule has 2 aromatic rings. The fourth-order valence-electron chi connectivity index (χ4n) is 2.79. The van der Waals surface area contributed by atoms with Crippen LogP contribution in [0.1, 0.15) is 30.7 Å². The minimum atomic E-state index is -0.0376. The lowest BCUT2D eigenvalue weighted by Gasteiger charge is -2.15. The Kier molecular flexibility index (Phi) is 8.22. The van der Waals surface area contributed by atoms with Gasteiger partial charge in [-0.25, -0.2) is 0 Å². The number of rotatable bonds is 6. The van der Waals surface area contributed by atoms with Crippen molar-refractivity contribution in [3.05, 3.63) is 56.6 Å². The zero-order valence-electron chi connectivity index (χ0n) is 14.7. The molecule has 0 amide bonds. The van der Waals surface area contributed by atoms with Gasteiger partial charge in [-0.2, -0.15) is 0 Å². The topological polar surface area (TPSA) is 45.3 Å². The van der Waals surface area contributed by atoms with E-state index >= 15 is 0 Å². The molecule has 1 fully saturated rings. The lowest BCUT2D eigenvalue weighted by molar-refractivity contribution is 0.111. The number of thiophene rings is 1. The standard InChI is InChI=1S/C13H20N2O2.C6H8S/c1-2-17-10-12-5-6-15(9-12)8-11-3-4-13(16)14-7-11;1-2-6-4-3-5-7-6/h3-4,7,12H,2,5-6,8-10H2,1H3,(H,14,16);3-5H,2H2,1H3. The number of likely N-dealkylation sites (tertiary alicyclic amines) is 1. The molecule has 1 aliphatic heterocycles. The van der Waals surface area contributed by atoms with E-state index in [2.05, 4.69) is 34.3 Å². The summed E-state index contributed by atoms with van der Waals surface area (Å²) in [5, 5.41) is 2.11. The first-order chi connectivity index (χ1) is 11.7. The largest absolute Gasteiger partial charge is 0.381 e. The first kappa shape index (κ1) is 18.9. The van der Waals surface area contributed by atoms with Crippen molar-refractivity contribution in [2.75, 3.05) is 26.3 Å². The summed E-state index contributed by atoms with van der Waals surface area (Å²) < 4.78 is 5.46. The molecule has 0 radical (unpaired) electrons. The maximum absolute atomic E-state index is 10.9. The van der Waals surface area contributed by atoms with Crippen LogP contribution in [0.15, 0.2) is 40.6 Å². The molecular weight excluding hydrogens is 320 g/mol. The van der Waals surface area contributed by atoms with E-state index < -0.39 is 0 Å². The number of aromatic nitrogens is 1. The molecule has 1 aliphatic rings. The summed E-state index contributed by atoms with van der Waals surface area (Å²) in [5.41, 5.74) is 1.13. The lowest BCUT2D eigenvalue weighted by Crippen LogP contribution is -2.22. The van der Waals surface area contributed by atoms with E-state index in [4.69, 9.17) is 4.74 Å². The first-order valence-electron chi connectivity index (χ1n) is 8.71. The van der Waals surface area contributed by atoms with Crippen molar-refractivity contribution in [1.82, 2.24) is 9.88 Å². The van der Waals surface area contributed by atoms with Gasteiger partial charge in [-0.05, 0) is 49.2 Å². The van der Waals surface area contributed by atoms with E-state index in [0.717, 1.165) is 32.8 Å². The number of H-pyrrole nitrogens is 1. The third kappa shape index (κ3) is 6.59. The van der Waals surface area contributed by atoms with E-state index in [9.17, 15) is 4.79 Å². The minimum Gasteiger partial charge on any atom is -0.381 e. The molecule has 3 heterocycles. The van der Waals surface area contributed by atoms with Crippen LogP contribution in [0.3, 0.4) is 0 Å². The molecule has 5 heteroatoms. The van der Waals surface area contributed by atoms with Crippen LogP contribution < -0.4 is 5.56 Å². The number of aryl methyl sites for hydroxylation is 1. The van der Waals surface area contributed by atoms with E-state index in [1.54, 1.807) is 12.3 Å². The molecule has 0 saturated carbocycles. The monoisotopic (exact) mass is 348 g/mol. The highest BCUT2D eigenvalue weighted by molar-refractivity contribution is 7.09. The molecule has 132 valence electrons. The lowest BCUT2D eigenvalue weighted by atomic mass is 10.1. The van der Waals surface area contributed by atoms with Gasteiger partial charge in [0.15, 0.2) is 0 Å². The summed E-state index contributed by atoms with van der Waals surface area (Å²) in [4.78, 5) is 17.5. The van der Waals surface area contributed by atoms with Crippen LogP contribution >= 0.6 is 11.3 Å². The number of hydrogen-bond acceptors (Lipinski definition) is 4. The highest BCUT2D eigenvalue weighted by atomic mass is 32.1. The number of nitrogens with one attached hydrogen (secondary N) is 1. The van der Waals surface area contributed by atoms with Gasteiger partial charge in [-0.1, -0.05) is 19.1 Å². The Balaban J connectivity index is 0.000000249. The van der Waals surface area contributed by atoms with Gasteiger partial charge >= 0.3 is 0 Å². The number of aromatic amines is 1. The van der Waals surface area contributed by atoms with Gasteiger partial charge in [0.05, 0.1) is 6.61 Å². The zero-order chi connectivity index (χ0) is 17.2. The summed E-state index contributed by atoms with van der Waals surface area (Å²) in [6, 6.07) is 7.73. The fraction of sp³-hybridized carbons (Fsp3) is 0.526. The molecular formula is C19H28N2O2S. The smallest absolute Gasteiger partial charge is 0.247 e. The summed E-state index contributed by atoms with van der Waals surface area (Å²) in [6.07, 6.45) is 4.19. The molecule has 0 spiro atoms. The Morgan fingerprint density at radius 2 is 2.21 bits per heavy atom. The molecule has 0 bridgehead atoms. The summed E-state index contributed by atoms with van der Waals surface area (Å²) in [7, 11) is 0. The second-order valence-electron chi connectivity index (χ2n) is 6.04.